The molecule has 1 aromatic carbocycles. The van der Waals surface area contributed by atoms with E-state index in [0.29, 0.717) is 0 Å². The Morgan fingerprint density at radius 2 is 2.17 bits per heavy atom. The summed E-state index contributed by atoms with van der Waals surface area (Å²) in [4.78, 5) is 4.72. The molecule has 0 saturated carbocycles. The van der Waals surface area contributed by atoms with Crippen molar-refractivity contribution in [2.75, 3.05) is 0 Å². The average Bonchev–Trinajstić information content (AvgIpc) is 2.04. The van der Waals surface area contributed by atoms with E-state index >= 15 is 0 Å². The number of fused-ring (bicyclic) bond motifs is 1. The first-order valence-electron chi connectivity index (χ1n) is 3.53. The molecule has 1 aromatic heterocycles. The largest absolute Gasteiger partial charge is 0.508 e. The fourth-order valence-electron chi connectivity index (χ4n) is 1.16. The number of hydrogen-bond donors (Lipinski definition) is 2. The molecule has 12 heavy (non-hydrogen) atoms. The zero-order valence-corrected chi connectivity index (χ0v) is 7.12. The molecule has 2 aromatic rings. The maximum atomic E-state index is 9.24. The average molecular weight is 177 g/mol. The van der Waals surface area contributed by atoms with Gasteiger partial charge in [0.15, 0.2) is 0 Å². The van der Waals surface area contributed by atoms with Crippen LogP contribution in [0.2, 0.25) is 0 Å². The number of rotatable bonds is 0. The molecule has 2 nitrogen and oxygen atoms in total. The summed E-state index contributed by atoms with van der Waals surface area (Å²) in [5, 5.41) is 11.2. The standard InChI is InChI=1S/C9H7NOS/c11-7-3-6-1-2-10-5-8(6)9(12)4-7/h1-5,11-12H. The minimum absolute atomic E-state index is 0.235. The predicted octanol–water partition coefficient (Wildman–Crippen LogP) is 2.23. The van der Waals surface area contributed by atoms with E-state index in [4.69, 9.17) is 0 Å². The van der Waals surface area contributed by atoms with Gasteiger partial charge >= 0.3 is 0 Å². The SMILES string of the molecule is Oc1cc(S)c2cnccc2c1. The van der Waals surface area contributed by atoms with Crippen molar-refractivity contribution in [2.45, 2.75) is 4.90 Å². The van der Waals surface area contributed by atoms with Crippen molar-refractivity contribution in [3.63, 3.8) is 0 Å². The highest BCUT2D eigenvalue weighted by atomic mass is 32.1. The van der Waals surface area contributed by atoms with Crippen LogP contribution >= 0.6 is 12.6 Å². The molecule has 0 bridgehead atoms. The number of aromatic hydroxyl groups is 1. The third-order valence-electron chi connectivity index (χ3n) is 1.72. The lowest BCUT2D eigenvalue weighted by molar-refractivity contribution is 0.475. The van der Waals surface area contributed by atoms with Gasteiger partial charge < -0.3 is 5.11 Å². The smallest absolute Gasteiger partial charge is 0.117 e. The third-order valence-corrected chi connectivity index (χ3v) is 2.09. The summed E-state index contributed by atoms with van der Waals surface area (Å²) in [5.41, 5.74) is 0. The maximum Gasteiger partial charge on any atom is 0.117 e. The molecular formula is C9H7NOS. The van der Waals surface area contributed by atoms with Gasteiger partial charge in [0.2, 0.25) is 0 Å². The molecule has 0 saturated heterocycles. The number of nitrogens with zero attached hydrogens (tertiary/aromatic N) is 1. The second-order valence-electron chi connectivity index (χ2n) is 2.56. The Morgan fingerprint density at radius 1 is 1.33 bits per heavy atom. The fourth-order valence-corrected chi connectivity index (χ4v) is 1.48. The van der Waals surface area contributed by atoms with Gasteiger partial charge in [-0.15, -0.1) is 12.6 Å². The van der Waals surface area contributed by atoms with Gasteiger partial charge in [-0.25, -0.2) is 0 Å². The van der Waals surface area contributed by atoms with Gasteiger partial charge in [0, 0.05) is 22.7 Å². The van der Waals surface area contributed by atoms with Gasteiger partial charge in [0.25, 0.3) is 0 Å². The number of aromatic nitrogens is 1. The summed E-state index contributed by atoms with van der Waals surface area (Å²) >= 11 is 4.22. The van der Waals surface area contributed by atoms with Crippen molar-refractivity contribution < 1.29 is 5.11 Å². The lowest BCUT2D eigenvalue weighted by Crippen LogP contribution is -1.77. The highest BCUT2D eigenvalue weighted by Gasteiger charge is 1.98. The van der Waals surface area contributed by atoms with Gasteiger partial charge in [-0.3, -0.25) is 4.98 Å². The van der Waals surface area contributed by atoms with E-state index in [9.17, 15) is 5.11 Å². The highest BCUT2D eigenvalue weighted by molar-refractivity contribution is 7.80. The van der Waals surface area contributed by atoms with Crippen LogP contribution in [-0.4, -0.2) is 10.1 Å². The van der Waals surface area contributed by atoms with Crippen molar-refractivity contribution in [3.05, 3.63) is 30.6 Å². The van der Waals surface area contributed by atoms with Crippen LogP contribution in [0.15, 0.2) is 35.5 Å². The van der Waals surface area contributed by atoms with E-state index in [1.807, 2.05) is 6.07 Å². The number of hydrogen-bond acceptors (Lipinski definition) is 3. The molecule has 1 N–H and O–H groups in total. The van der Waals surface area contributed by atoms with E-state index in [2.05, 4.69) is 17.6 Å². The zero-order chi connectivity index (χ0) is 8.55. The van der Waals surface area contributed by atoms with Gasteiger partial charge in [-0.1, -0.05) is 0 Å². The lowest BCUT2D eigenvalue weighted by atomic mass is 10.2. The van der Waals surface area contributed by atoms with E-state index in [-0.39, 0.29) is 5.75 Å². The summed E-state index contributed by atoms with van der Waals surface area (Å²) in [6.45, 7) is 0. The molecule has 2 rings (SSSR count). The number of pyridine rings is 1. The van der Waals surface area contributed by atoms with Crippen LogP contribution in [-0.2, 0) is 0 Å². The predicted molar refractivity (Wildman–Crippen MR) is 50.7 cm³/mol. The number of phenolic OH excluding ortho intramolecular Hbond substituents is 1. The Hall–Kier alpha value is -1.22. The first-order valence-corrected chi connectivity index (χ1v) is 3.98. The van der Waals surface area contributed by atoms with Gasteiger partial charge in [-0.05, 0) is 23.6 Å². The summed E-state index contributed by atoms with van der Waals surface area (Å²) in [6.07, 6.45) is 3.42. The Labute approximate surface area is 75.3 Å². The van der Waals surface area contributed by atoms with Crippen LogP contribution in [0.1, 0.15) is 0 Å². The van der Waals surface area contributed by atoms with E-state index in [1.54, 1.807) is 24.5 Å². The molecule has 0 spiro atoms. The number of benzene rings is 1. The zero-order valence-electron chi connectivity index (χ0n) is 6.23. The molecule has 0 aliphatic heterocycles. The molecule has 0 atom stereocenters. The molecular weight excluding hydrogens is 170 g/mol. The Morgan fingerprint density at radius 3 is 3.00 bits per heavy atom. The van der Waals surface area contributed by atoms with Crippen LogP contribution in [0.4, 0.5) is 0 Å². The number of thiol groups is 1. The first-order chi connectivity index (χ1) is 5.77. The second kappa shape index (κ2) is 2.68. The van der Waals surface area contributed by atoms with Crippen molar-refractivity contribution in [1.29, 1.82) is 0 Å². The summed E-state index contributed by atoms with van der Waals surface area (Å²) in [7, 11) is 0. The van der Waals surface area contributed by atoms with Crippen molar-refractivity contribution in [2.24, 2.45) is 0 Å². The Balaban J connectivity index is 2.89. The minimum atomic E-state index is 0.235. The van der Waals surface area contributed by atoms with Crippen LogP contribution in [0.5, 0.6) is 5.75 Å². The molecule has 0 aliphatic carbocycles. The molecule has 0 radical (unpaired) electrons. The number of phenols is 1. The van der Waals surface area contributed by atoms with Crippen LogP contribution in [0.25, 0.3) is 10.8 Å². The molecule has 3 heteroatoms. The summed E-state index contributed by atoms with van der Waals surface area (Å²) in [5.74, 6) is 0.235. The van der Waals surface area contributed by atoms with E-state index < -0.39 is 0 Å². The van der Waals surface area contributed by atoms with Crippen molar-refractivity contribution in [1.82, 2.24) is 4.98 Å². The molecule has 60 valence electrons. The van der Waals surface area contributed by atoms with Crippen LogP contribution < -0.4 is 0 Å². The second-order valence-corrected chi connectivity index (χ2v) is 3.04. The quantitative estimate of drug-likeness (QED) is 0.605. The maximum absolute atomic E-state index is 9.24. The van der Waals surface area contributed by atoms with E-state index in [0.717, 1.165) is 15.7 Å². The summed E-state index contributed by atoms with van der Waals surface area (Å²) in [6, 6.07) is 5.14. The molecule has 1 heterocycles. The van der Waals surface area contributed by atoms with Gasteiger partial charge in [0.1, 0.15) is 5.75 Å². The van der Waals surface area contributed by atoms with Gasteiger partial charge in [-0.2, -0.15) is 0 Å². The topological polar surface area (TPSA) is 33.1 Å². The van der Waals surface area contributed by atoms with Crippen LogP contribution in [0, 0.1) is 0 Å². The lowest BCUT2D eigenvalue weighted by Gasteiger charge is -2.00. The third kappa shape index (κ3) is 1.12. The van der Waals surface area contributed by atoms with Crippen molar-refractivity contribution >= 4 is 23.4 Å². The summed E-state index contributed by atoms with van der Waals surface area (Å²) < 4.78 is 0. The molecule has 0 aliphatic rings. The monoisotopic (exact) mass is 177 g/mol. The molecule has 0 amide bonds. The van der Waals surface area contributed by atoms with E-state index in [1.165, 1.54) is 0 Å². The normalized spacial score (nSPS) is 10.4. The molecule has 0 unspecified atom stereocenters. The minimum Gasteiger partial charge on any atom is -0.508 e. The Bertz CT molecular complexity index is 428. The van der Waals surface area contributed by atoms with Crippen LogP contribution in [0.3, 0.4) is 0 Å². The van der Waals surface area contributed by atoms with Gasteiger partial charge in [0.05, 0.1) is 0 Å². The fraction of sp³-hybridized carbons (Fsp3) is 0. The van der Waals surface area contributed by atoms with Crippen molar-refractivity contribution in [3.8, 4) is 5.75 Å². The molecule has 0 fully saturated rings. The highest BCUT2D eigenvalue weighted by Crippen LogP contribution is 2.25. The Kier molecular flexibility index (Phi) is 1.66. The first kappa shape index (κ1) is 7.43.